The lowest BCUT2D eigenvalue weighted by Gasteiger charge is -2.41. The van der Waals surface area contributed by atoms with Crippen LogP contribution in [0, 0.1) is 0 Å². The van der Waals surface area contributed by atoms with Gasteiger partial charge in [-0.05, 0) is 37.6 Å². The molecule has 0 bridgehead atoms. The molecule has 0 spiro atoms. The molecule has 0 amide bonds. The van der Waals surface area contributed by atoms with E-state index in [0.29, 0.717) is 6.54 Å². The van der Waals surface area contributed by atoms with Crippen LogP contribution in [0.3, 0.4) is 0 Å². The molecular formula is C16H27ClN2. The summed E-state index contributed by atoms with van der Waals surface area (Å²) in [6, 6.07) is 8.08. The Bertz CT molecular complexity index is 375. The molecule has 108 valence electrons. The van der Waals surface area contributed by atoms with Crippen LogP contribution in [0.5, 0.6) is 0 Å². The van der Waals surface area contributed by atoms with Gasteiger partial charge >= 0.3 is 0 Å². The van der Waals surface area contributed by atoms with Gasteiger partial charge in [-0.2, -0.15) is 0 Å². The largest absolute Gasteiger partial charge is 0.329 e. The SMILES string of the molecule is CCCCC(CC)(CN)N(C)Cc1cccc(Cl)c1. The average molecular weight is 283 g/mol. The predicted octanol–water partition coefficient (Wildman–Crippen LogP) is 4.07. The molecule has 0 saturated heterocycles. The molecule has 1 unspecified atom stereocenters. The molecule has 0 aliphatic rings. The molecule has 0 aromatic heterocycles. The van der Waals surface area contributed by atoms with Crippen LogP contribution in [0.1, 0.15) is 45.1 Å². The first-order valence-electron chi connectivity index (χ1n) is 7.23. The number of benzene rings is 1. The Morgan fingerprint density at radius 1 is 1.32 bits per heavy atom. The summed E-state index contributed by atoms with van der Waals surface area (Å²) in [5.41, 5.74) is 7.43. The second kappa shape index (κ2) is 7.88. The first-order chi connectivity index (χ1) is 9.07. The summed E-state index contributed by atoms with van der Waals surface area (Å²) in [6.07, 6.45) is 4.69. The van der Waals surface area contributed by atoms with Crippen molar-refractivity contribution in [3.8, 4) is 0 Å². The van der Waals surface area contributed by atoms with E-state index in [2.05, 4.69) is 31.9 Å². The van der Waals surface area contributed by atoms with Crippen LogP contribution in [0.2, 0.25) is 5.02 Å². The summed E-state index contributed by atoms with van der Waals surface area (Å²) >= 11 is 6.05. The maximum atomic E-state index is 6.08. The van der Waals surface area contributed by atoms with Gasteiger partial charge < -0.3 is 5.73 Å². The molecule has 0 aliphatic carbocycles. The van der Waals surface area contributed by atoms with Crippen LogP contribution in [0.25, 0.3) is 0 Å². The zero-order valence-corrected chi connectivity index (χ0v) is 13.2. The van der Waals surface area contributed by atoms with Gasteiger partial charge in [-0.1, -0.05) is 50.4 Å². The van der Waals surface area contributed by atoms with E-state index in [9.17, 15) is 0 Å². The molecule has 1 rings (SSSR count). The third-order valence-corrected chi connectivity index (χ3v) is 4.39. The van der Waals surface area contributed by atoms with Crippen LogP contribution >= 0.6 is 11.6 Å². The van der Waals surface area contributed by atoms with Crippen LogP contribution in [0.15, 0.2) is 24.3 Å². The Labute approximate surface area is 122 Å². The molecule has 0 heterocycles. The normalized spacial score (nSPS) is 14.6. The van der Waals surface area contributed by atoms with E-state index in [-0.39, 0.29) is 5.54 Å². The lowest BCUT2D eigenvalue weighted by molar-refractivity contribution is 0.0999. The average Bonchev–Trinajstić information content (AvgIpc) is 2.40. The van der Waals surface area contributed by atoms with Crippen molar-refractivity contribution in [3.63, 3.8) is 0 Å². The van der Waals surface area contributed by atoms with Crippen molar-refractivity contribution in [3.05, 3.63) is 34.9 Å². The van der Waals surface area contributed by atoms with Gasteiger partial charge in [0.1, 0.15) is 0 Å². The molecule has 0 saturated carbocycles. The van der Waals surface area contributed by atoms with Crippen molar-refractivity contribution in [2.24, 2.45) is 5.73 Å². The van der Waals surface area contributed by atoms with Crippen molar-refractivity contribution in [2.75, 3.05) is 13.6 Å². The van der Waals surface area contributed by atoms with Gasteiger partial charge in [0.25, 0.3) is 0 Å². The minimum Gasteiger partial charge on any atom is -0.329 e. The van der Waals surface area contributed by atoms with Gasteiger partial charge in [0.15, 0.2) is 0 Å². The smallest absolute Gasteiger partial charge is 0.0409 e. The highest BCUT2D eigenvalue weighted by atomic mass is 35.5. The molecule has 3 heteroatoms. The van der Waals surface area contributed by atoms with Crippen molar-refractivity contribution in [2.45, 2.75) is 51.6 Å². The van der Waals surface area contributed by atoms with E-state index in [1.54, 1.807) is 0 Å². The second-order valence-corrected chi connectivity index (χ2v) is 5.81. The molecule has 0 fully saturated rings. The maximum Gasteiger partial charge on any atom is 0.0409 e. The van der Waals surface area contributed by atoms with Crippen LogP contribution < -0.4 is 5.73 Å². The number of likely N-dealkylation sites (N-methyl/N-ethyl adjacent to an activating group) is 1. The Hall–Kier alpha value is -0.570. The first kappa shape index (κ1) is 16.5. The van der Waals surface area contributed by atoms with Gasteiger partial charge in [-0.3, -0.25) is 4.90 Å². The van der Waals surface area contributed by atoms with Crippen molar-refractivity contribution >= 4 is 11.6 Å². The molecule has 19 heavy (non-hydrogen) atoms. The van der Waals surface area contributed by atoms with E-state index in [1.165, 1.54) is 18.4 Å². The monoisotopic (exact) mass is 282 g/mol. The first-order valence-corrected chi connectivity index (χ1v) is 7.61. The summed E-state index contributed by atoms with van der Waals surface area (Å²) in [7, 11) is 2.17. The van der Waals surface area contributed by atoms with E-state index < -0.39 is 0 Å². The summed E-state index contributed by atoms with van der Waals surface area (Å²) in [4.78, 5) is 2.40. The molecule has 2 nitrogen and oxygen atoms in total. The van der Waals surface area contributed by atoms with Gasteiger partial charge in [0.2, 0.25) is 0 Å². The van der Waals surface area contributed by atoms with Gasteiger partial charge in [0, 0.05) is 23.7 Å². The Balaban J connectivity index is 2.79. The van der Waals surface area contributed by atoms with Gasteiger partial charge in [-0.15, -0.1) is 0 Å². The Kier molecular flexibility index (Phi) is 6.84. The van der Waals surface area contributed by atoms with Crippen LogP contribution in [-0.4, -0.2) is 24.0 Å². The lowest BCUT2D eigenvalue weighted by Crippen LogP contribution is -2.51. The number of rotatable bonds is 8. The van der Waals surface area contributed by atoms with Gasteiger partial charge in [0.05, 0.1) is 0 Å². The summed E-state index contributed by atoms with van der Waals surface area (Å²) < 4.78 is 0. The maximum absolute atomic E-state index is 6.08. The molecule has 1 aromatic carbocycles. The van der Waals surface area contributed by atoms with E-state index >= 15 is 0 Å². The number of nitrogens with zero attached hydrogens (tertiary/aromatic N) is 1. The number of hydrogen-bond donors (Lipinski definition) is 1. The summed E-state index contributed by atoms with van der Waals surface area (Å²) in [6.45, 7) is 6.07. The zero-order valence-electron chi connectivity index (χ0n) is 12.5. The molecule has 2 N–H and O–H groups in total. The highest BCUT2D eigenvalue weighted by Crippen LogP contribution is 2.26. The predicted molar refractivity (Wildman–Crippen MR) is 84.5 cm³/mol. The molecule has 0 radical (unpaired) electrons. The third-order valence-electron chi connectivity index (χ3n) is 4.15. The number of halogens is 1. The number of unbranched alkanes of at least 4 members (excludes halogenated alkanes) is 1. The van der Waals surface area contributed by atoms with Crippen molar-refractivity contribution in [1.29, 1.82) is 0 Å². The highest BCUT2D eigenvalue weighted by Gasteiger charge is 2.30. The Morgan fingerprint density at radius 3 is 2.58 bits per heavy atom. The molecule has 0 aliphatic heterocycles. The minimum absolute atomic E-state index is 0.109. The van der Waals surface area contributed by atoms with Gasteiger partial charge in [-0.25, -0.2) is 0 Å². The molecule has 1 atom stereocenters. The van der Waals surface area contributed by atoms with E-state index in [4.69, 9.17) is 17.3 Å². The summed E-state index contributed by atoms with van der Waals surface area (Å²) in [5, 5.41) is 0.800. The van der Waals surface area contributed by atoms with E-state index in [1.807, 2.05) is 18.2 Å². The summed E-state index contributed by atoms with van der Waals surface area (Å²) in [5.74, 6) is 0. The quantitative estimate of drug-likeness (QED) is 0.779. The van der Waals surface area contributed by atoms with Crippen molar-refractivity contribution in [1.82, 2.24) is 4.90 Å². The third kappa shape index (κ3) is 4.48. The number of nitrogens with two attached hydrogens (primary N) is 1. The molecular weight excluding hydrogens is 256 g/mol. The fraction of sp³-hybridized carbons (Fsp3) is 0.625. The van der Waals surface area contributed by atoms with Crippen LogP contribution in [0.4, 0.5) is 0 Å². The van der Waals surface area contributed by atoms with Crippen molar-refractivity contribution < 1.29 is 0 Å². The zero-order chi connectivity index (χ0) is 14.3. The second-order valence-electron chi connectivity index (χ2n) is 5.37. The highest BCUT2D eigenvalue weighted by molar-refractivity contribution is 6.30. The fourth-order valence-electron chi connectivity index (χ4n) is 2.62. The van der Waals surface area contributed by atoms with Crippen LogP contribution in [-0.2, 0) is 6.54 Å². The lowest BCUT2D eigenvalue weighted by atomic mass is 9.87. The Morgan fingerprint density at radius 2 is 2.05 bits per heavy atom. The standard InChI is InChI=1S/C16H27ClN2/c1-4-6-10-16(5-2,13-18)19(3)12-14-8-7-9-15(17)11-14/h7-9,11H,4-6,10,12-13,18H2,1-3H3. The van der Waals surface area contributed by atoms with E-state index in [0.717, 1.165) is 24.4 Å². The fourth-order valence-corrected chi connectivity index (χ4v) is 2.84. The topological polar surface area (TPSA) is 29.3 Å². The minimum atomic E-state index is 0.109. The number of hydrogen-bond acceptors (Lipinski definition) is 2. The molecule has 1 aromatic rings.